The van der Waals surface area contributed by atoms with Crippen molar-refractivity contribution in [3.05, 3.63) is 98.6 Å². The first-order valence-corrected chi connectivity index (χ1v) is 13.2. The van der Waals surface area contributed by atoms with Gasteiger partial charge >= 0.3 is 12.0 Å². The molecule has 9 heteroatoms. The number of nitrogens with zero attached hydrogens (tertiary/aromatic N) is 1. The van der Waals surface area contributed by atoms with Gasteiger partial charge in [0, 0.05) is 17.0 Å². The molecule has 0 atom stereocenters. The lowest BCUT2D eigenvalue weighted by atomic mass is 9.98. The maximum Gasteiger partial charge on any atom is 0.338 e. The molecule has 0 unspecified atom stereocenters. The Morgan fingerprint density at radius 2 is 1.62 bits per heavy atom. The van der Waals surface area contributed by atoms with Crippen LogP contribution in [-0.4, -0.2) is 37.0 Å². The molecule has 1 aliphatic rings. The summed E-state index contributed by atoms with van der Waals surface area (Å²) in [5.41, 5.74) is 4.80. The molecule has 0 aliphatic carbocycles. The van der Waals surface area contributed by atoms with E-state index in [1.165, 1.54) is 30.3 Å². The number of amides is 4. The van der Waals surface area contributed by atoms with Crippen molar-refractivity contribution >= 4 is 47.2 Å². The highest BCUT2D eigenvalue weighted by atomic mass is 35.5. The molecule has 4 amide bonds. The number of aryl methyl sites for hydroxylation is 2. The van der Waals surface area contributed by atoms with E-state index >= 15 is 0 Å². The number of carbonyl (C=O) groups is 4. The van der Waals surface area contributed by atoms with Crippen molar-refractivity contribution in [3.8, 4) is 5.75 Å². The van der Waals surface area contributed by atoms with Crippen molar-refractivity contribution in [2.75, 3.05) is 18.1 Å². The number of anilines is 1. The molecular weight excluding hydrogens is 532 g/mol. The maximum atomic E-state index is 13.4. The Labute approximate surface area is 237 Å². The lowest BCUT2D eigenvalue weighted by Crippen LogP contribution is -2.54. The van der Waals surface area contributed by atoms with E-state index in [1.807, 2.05) is 20.8 Å². The van der Waals surface area contributed by atoms with Gasteiger partial charge in [0.25, 0.3) is 11.8 Å². The van der Waals surface area contributed by atoms with Gasteiger partial charge in [-0.2, -0.15) is 0 Å². The highest BCUT2D eigenvalue weighted by Crippen LogP contribution is 2.33. The fourth-order valence-electron chi connectivity index (χ4n) is 4.57. The molecular formula is C31H29ClN2O6. The molecule has 1 N–H and O–H groups in total. The number of nitrogens with one attached hydrogen (secondary N) is 1. The zero-order chi connectivity index (χ0) is 29.0. The third-order valence-corrected chi connectivity index (χ3v) is 6.53. The van der Waals surface area contributed by atoms with E-state index in [2.05, 4.69) is 23.5 Å². The van der Waals surface area contributed by atoms with Gasteiger partial charge in [0.05, 0.1) is 24.5 Å². The Morgan fingerprint density at radius 3 is 2.25 bits per heavy atom. The second-order valence-corrected chi connectivity index (χ2v) is 9.72. The van der Waals surface area contributed by atoms with E-state index in [0.29, 0.717) is 29.4 Å². The van der Waals surface area contributed by atoms with Crippen molar-refractivity contribution in [3.63, 3.8) is 0 Å². The molecule has 0 aromatic heterocycles. The quantitative estimate of drug-likeness (QED) is 0.212. The summed E-state index contributed by atoms with van der Waals surface area (Å²) < 4.78 is 10.9. The second-order valence-electron chi connectivity index (χ2n) is 9.31. The van der Waals surface area contributed by atoms with Crippen LogP contribution >= 0.6 is 11.6 Å². The van der Waals surface area contributed by atoms with Crippen LogP contribution in [0.4, 0.5) is 10.5 Å². The van der Waals surface area contributed by atoms with Crippen LogP contribution in [0.1, 0.15) is 52.0 Å². The third kappa shape index (κ3) is 6.24. The Kier molecular flexibility index (Phi) is 8.70. The van der Waals surface area contributed by atoms with Crippen LogP contribution in [-0.2, 0) is 20.7 Å². The summed E-state index contributed by atoms with van der Waals surface area (Å²) in [6, 6.07) is 14.5. The van der Waals surface area contributed by atoms with Gasteiger partial charge in [-0.1, -0.05) is 40.9 Å². The second kappa shape index (κ2) is 12.2. The minimum Gasteiger partial charge on any atom is -0.494 e. The summed E-state index contributed by atoms with van der Waals surface area (Å²) in [5.74, 6) is -1.64. The van der Waals surface area contributed by atoms with Crippen molar-refractivity contribution < 1.29 is 28.7 Å². The van der Waals surface area contributed by atoms with Crippen LogP contribution in [0.25, 0.3) is 6.08 Å². The molecule has 1 saturated heterocycles. The van der Waals surface area contributed by atoms with Crippen molar-refractivity contribution in [2.45, 2.75) is 34.1 Å². The Balaban J connectivity index is 1.67. The summed E-state index contributed by atoms with van der Waals surface area (Å²) >= 11 is 6.70. The van der Waals surface area contributed by atoms with Gasteiger partial charge in [-0.25, -0.2) is 14.5 Å². The Morgan fingerprint density at radius 1 is 0.950 bits per heavy atom. The molecule has 8 nitrogen and oxygen atoms in total. The van der Waals surface area contributed by atoms with Gasteiger partial charge in [0.15, 0.2) is 0 Å². The Bertz CT molecular complexity index is 1510. The molecule has 1 fully saturated rings. The number of rotatable bonds is 8. The van der Waals surface area contributed by atoms with Crippen LogP contribution in [0, 0.1) is 13.8 Å². The third-order valence-electron chi connectivity index (χ3n) is 6.19. The molecule has 206 valence electrons. The Hall–Kier alpha value is -4.43. The van der Waals surface area contributed by atoms with E-state index < -0.39 is 23.8 Å². The first-order valence-electron chi connectivity index (χ1n) is 12.8. The normalized spacial score (nSPS) is 14.4. The highest BCUT2D eigenvalue weighted by molar-refractivity contribution is 6.39. The molecule has 0 spiro atoms. The highest BCUT2D eigenvalue weighted by Gasteiger charge is 2.37. The molecule has 40 heavy (non-hydrogen) atoms. The van der Waals surface area contributed by atoms with E-state index in [1.54, 1.807) is 19.1 Å². The van der Waals surface area contributed by atoms with Crippen LogP contribution in [0.5, 0.6) is 5.75 Å². The largest absolute Gasteiger partial charge is 0.494 e. The number of urea groups is 1. The van der Waals surface area contributed by atoms with Crippen LogP contribution in [0.2, 0.25) is 5.02 Å². The van der Waals surface area contributed by atoms with Gasteiger partial charge in [0.2, 0.25) is 0 Å². The fraction of sp³-hybridized carbons (Fsp3) is 0.226. The molecule has 0 radical (unpaired) electrons. The van der Waals surface area contributed by atoms with E-state index in [-0.39, 0.29) is 23.4 Å². The monoisotopic (exact) mass is 560 g/mol. The summed E-state index contributed by atoms with van der Waals surface area (Å²) in [5, 5.41) is 2.62. The first kappa shape index (κ1) is 28.6. The molecule has 0 bridgehead atoms. The summed E-state index contributed by atoms with van der Waals surface area (Å²) in [6.45, 7) is 8.22. The van der Waals surface area contributed by atoms with Crippen LogP contribution in [0.15, 0.2) is 60.2 Å². The lowest BCUT2D eigenvalue weighted by molar-refractivity contribution is -0.122. The van der Waals surface area contributed by atoms with Gasteiger partial charge in [-0.3, -0.25) is 14.9 Å². The average Bonchev–Trinajstić information content (AvgIpc) is 2.88. The SMILES string of the molecule is CCOC(=O)c1ccc(N2C(=O)NC(=O)/C(=C\c3cc(Cl)c(Cc4cc(C)cc(C)c4)c(OCC)c3)C2=O)cc1. The van der Waals surface area contributed by atoms with Crippen molar-refractivity contribution in [1.29, 1.82) is 0 Å². The van der Waals surface area contributed by atoms with Gasteiger partial charge < -0.3 is 9.47 Å². The average molecular weight is 561 g/mol. The number of halogens is 1. The van der Waals surface area contributed by atoms with E-state index in [4.69, 9.17) is 21.1 Å². The number of benzene rings is 3. The molecule has 3 aromatic carbocycles. The van der Waals surface area contributed by atoms with Crippen molar-refractivity contribution in [1.82, 2.24) is 5.32 Å². The number of imide groups is 2. The van der Waals surface area contributed by atoms with Crippen LogP contribution in [0.3, 0.4) is 0 Å². The molecule has 3 aromatic rings. The number of ether oxygens (including phenoxy) is 2. The summed E-state index contributed by atoms with van der Waals surface area (Å²) in [7, 11) is 0. The molecule has 0 saturated carbocycles. The first-order chi connectivity index (χ1) is 19.1. The minimum atomic E-state index is -0.895. The fourth-order valence-corrected chi connectivity index (χ4v) is 4.85. The number of esters is 1. The topological polar surface area (TPSA) is 102 Å². The predicted molar refractivity (Wildman–Crippen MR) is 153 cm³/mol. The van der Waals surface area contributed by atoms with Crippen molar-refractivity contribution in [2.24, 2.45) is 0 Å². The van der Waals surface area contributed by atoms with Gasteiger partial charge in [0.1, 0.15) is 11.3 Å². The zero-order valence-electron chi connectivity index (χ0n) is 22.7. The number of hydrogen-bond acceptors (Lipinski definition) is 6. The minimum absolute atomic E-state index is 0.186. The molecule has 1 aliphatic heterocycles. The van der Waals surface area contributed by atoms with Crippen LogP contribution < -0.4 is 15.0 Å². The number of carbonyl (C=O) groups excluding carboxylic acids is 4. The number of barbiturate groups is 1. The molecule has 4 rings (SSSR count). The maximum absolute atomic E-state index is 13.4. The standard InChI is InChI=1S/C31H29ClN2O6/c1-5-39-27-17-21(16-26(32)24(27)14-20-12-18(3)11-19(4)13-20)15-25-28(35)33-31(38)34(29(25)36)23-9-7-22(8-10-23)30(37)40-6-2/h7-13,15-17H,5-6,14H2,1-4H3,(H,33,35,38)/b25-15+. The summed E-state index contributed by atoms with van der Waals surface area (Å²) in [4.78, 5) is 51.5. The number of hydrogen-bond donors (Lipinski definition) is 1. The summed E-state index contributed by atoms with van der Waals surface area (Å²) in [6.07, 6.45) is 1.91. The van der Waals surface area contributed by atoms with E-state index in [9.17, 15) is 19.2 Å². The zero-order valence-corrected chi connectivity index (χ0v) is 23.4. The predicted octanol–water partition coefficient (Wildman–Crippen LogP) is 5.79. The van der Waals surface area contributed by atoms with Gasteiger partial charge in [-0.05, 0) is 81.3 Å². The smallest absolute Gasteiger partial charge is 0.338 e. The van der Waals surface area contributed by atoms with E-state index in [0.717, 1.165) is 27.2 Å². The van der Waals surface area contributed by atoms with Gasteiger partial charge in [-0.15, -0.1) is 0 Å². The lowest BCUT2D eigenvalue weighted by Gasteiger charge is -2.26. The molecule has 1 heterocycles.